The van der Waals surface area contributed by atoms with Crippen LogP contribution in [0.3, 0.4) is 0 Å². The molecule has 0 aromatic rings. The summed E-state index contributed by atoms with van der Waals surface area (Å²) < 4.78 is 16.9. The van der Waals surface area contributed by atoms with E-state index in [-0.39, 0.29) is 22.4 Å². The van der Waals surface area contributed by atoms with Crippen LogP contribution in [-0.2, 0) is 45.9 Å². The van der Waals surface area contributed by atoms with Crippen LogP contribution in [0.15, 0.2) is 0 Å². The van der Waals surface area contributed by atoms with Crippen LogP contribution >= 0.6 is 0 Å². The SMILES string of the molecule is [Au].[O]=[V]=[O]. The third-order valence-electron chi connectivity index (χ3n) is 0. The molecule has 0 aromatic heterocycles. The van der Waals surface area contributed by atoms with E-state index >= 15 is 0 Å². The van der Waals surface area contributed by atoms with Crippen LogP contribution in [0, 0.1) is 0 Å². The van der Waals surface area contributed by atoms with Gasteiger partial charge in [-0.1, -0.05) is 0 Å². The third kappa shape index (κ3) is 12.7. The van der Waals surface area contributed by atoms with Gasteiger partial charge in [-0.3, -0.25) is 0 Å². The third-order valence-corrected chi connectivity index (χ3v) is 0. The summed E-state index contributed by atoms with van der Waals surface area (Å²) in [6, 6.07) is 0. The summed E-state index contributed by atoms with van der Waals surface area (Å²) in [7, 11) is 0. The van der Waals surface area contributed by atoms with Gasteiger partial charge in [-0.15, -0.1) is 0 Å². The zero-order valence-electron chi connectivity index (χ0n) is 1.57. The molecule has 1 radical (unpaired) electrons. The van der Waals surface area contributed by atoms with E-state index < -0.39 is 16.2 Å². The molecule has 0 rings (SSSR count). The normalized spacial score (nSPS) is 2.00. The van der Waals surface area contributed by atoms with E-state index in [0.29, 0.717) is 0 Å². The van der Waals surface area contributed by atoms with Crippen molar-refractivity contribution >= 4 is 0 Å². The molecule has 0 aromatic carbocycles. The molecule has 0 spiro atoms. The zero-order chi connectivity index (χ0) is 2.71. The van der Waals surface area contributed by atoms with Gasteiger partial charge in [0.1, 0.15) is 0 Å². The number of rotatable bonds is 0. The van der Waals surface area contributed by atoms with Gasteiger partial charge in [0.2, 0.25) is 0 Å². The molecule has 4 heteroatoms. The quantitative estimate of drug-likeness (QED) is 0.574. The fourth-order valence-electron chi connectivity index (χ4n) is 0. The average molecular weight is 280 g/mol. The Morgan fingerprint density at radius 2 is 1.25 bits per heavy atom. The fourth-order valence-corrected chi connectivity index (χ4v) is 0. The van der Waals surface area contributed by atoms with Gasteiger partial charge in [-0.05, 0) is 0 Å². The van der Waals surface area contributed by atoms with Crippen LogP contribution in [0.5, 0.6) is 0 Å². The topological polar surface area (TPSA) is 34.1 Å². The van der Waals surface area contributed by atoms with Crippen LogP contribution < -0.4 is 0 Å². The van der Waals surface area contributed by atoms with Crippen molar-refractivity contribution in [2.45, 2.75) is 0 Å². The molecule has 0 aliphatic heterocycles. The Morgan fingerprint density at radius 3 is 1.25 bits per heavy atom. The second-order valence-corrected chi connectivity index (χ2v) is 0.307. The zero-order valence-corrected chi connectivity index (χ0v) is 5.13. The Hall–Kier alpha value is 0.925. The van der Waals surface area contributed by atoms with Gasteiger partial charge in [-0.2, -0.15) is 0 Å². The van der Waals surface area contributed by atoms with E-state index in [4.69, 9.17) is 7.35 Å². The van der Waals surface area contributed by atoms with Crippen molar-refractivity contribution in [2.75, 3.05) is 0 Å². The molecule has 0 amide bonds. The summed E-state index contributed by atoms with van der Waals surface area (Å²) in [5.41, 5.74) is 0. The van der Waals surface area contributed by atoms with Crippen molar-refractivity contribution in [3.05, 3.63) is 0 Å². The predicted molar refractivity (Wildman–Crippen MR) is 1.37 cm³/mol. The Bertz CT molecular complexity index is 27.0. The van der Waals surface area contributed by atoms with Gasteiger partial charge in [-0.25, -0.2) is 0 Å². The molecule has 0 aliphatic rings. The van der Waals surface area contributed by atoms with Gasteiger partial charge in [0.15, 0.2) is 0 Å². The van der Waals surface area contributed by atoms with Crippen molar-refractivity contribution in [1.29, 1.82) is 0 Å². The van der Waals surface area contributed by atoms with E-state index in [1.165, 1.54) is 0 Å². The van der Waals surface area contributed by atoms with Crippen LogP contribution in [0.1, 0.15) is 0 Å². The first-order valence-corrected chi connectivity index (χ1v) is 1.51. The molecule has 0 saturated heterocycles. The van der Waals surface area contributed by atoms with Gasteiger partial charge in [0.25, 0.3) is 0 Å². The second-order valence-electron chi connectivity index (χ2n) is 0.0745. The number of hydrogen-bond acceptors (Lipinski definition) is 2. The molecule has 4 heavy (non-hydrogen) atoms. The first kappa shape index (κ1) is 8.87. The van der Waals surface area contributed by atoms with Crippen molar-refractivity contribution in [3.63, 3.8) is 0 Å². The van der Waals surface area contributed by atoms with Crippen LogP contribution in [-0.4, -0.2) is 0 Å². The van der Waals surface area contributed by atoms with Crippen LogP contribution in [0.2, 0.25) is 0 Å². The molecule has 0 bridgehead atoms. The van der Waals surface area contributed by atoms with Gasteiger partial charge in [0, 0.05) is 22.4 Å². The van der Waals surface area contributed by atoms with Crippen molar-refractivity contribution in [3.8, 4) is 0 Å². The molecule has 0 atom stereocenters. The summed E-state index contributed by atoms with van der Waals surface area (Å²) in [4.78, 5) is 0. The van der Waals surface area contributed by atoms with E-state index in [2.05, 4.69) is 0 Å². The second kappa shape index (κ2) is 9.06. The van der Waals surface area contributed by atoms with E-state index in [9.17, 15) is 0 Å². The van der Waals surface area contributed by atoms with Gasteiger partial charge < -0.3 is 0 Å². The Morgan fingerprint density at radius 1 is 1.25 bits per heavy atom. The predicted octanol–water partition coefficient (Wildman–Crippen LogP) is -0.243. The van der Waals surface area contributed by atoms with E-state index in [0.717, 1.165) is 0 Å². The number of hydrogen-bond donors (Lipinski definition) is 0. The maximum absolute atomic E-state index is 8.47. The monoisotopic (exact) mass is 280 g/mol. The Balaban J connectivity index is 0. The minimum atomic E-state index is -1.81. The van der Waals surface area contributed by atoms with E-state index in [1.54, 1.807) is 0 Å². The molecule has 28 valence electrons. The minimum absolute atomic E-state index is 0. The maximum atomic E-state index is 8.47. The van der Waals surface area contributed by atoms with E-state index in [1.807, 2.05) is 0 Å². The van der Waals surface area contributed by atoms with Crippen LogP contribution in [0.25, 0.3) is 0 Å². The van der Waals surface area contributed by atoms with Crippen molar-refractivity contribution in [2.24, 2.45) is 0 Å². The molecule has 0 unspecified atom stereocenters. The summed E-state index contributed by atoms with van der Waals surface area (Å²) in [5, 5.41) is 0. The molecule has 0 aliphatic carbocycles. The fraction of sp³-hybridized carbons (Fsp3) is 0. The summed E-state index contributed by atoms with van der Waals surface area (Å²) in [6.07, 6.45) is 0. The molecule has 0 saturated carbocycles. The van der Waals surface area contributed by atoms with Crippen LogP contribution in [0.4, 0.5) is 0 Å². The first-order chi connectivity index (χ1) is 1.41. The Labute approximate surface area is 46.0 Å². The van der Waals surface area contributed by atoms with Crippen molar-refractivity contribution in [1.82, 2.24) is 0 Å². The standard InChI is InChI=1S/Au.2O.V. The Kier molecular flexibility index (Phi) is 20.1. The summed E-state index contributed by atoms with van der Waals surface area (Å²) in [5.74, 6) is 0. The summed E-state index contributed by atoms with van der Waals surface area (Å²) in [6.45, 7) is 0. The molecule has 2 nitrogen and oxygen atoms in total. The average Bonchev–Trinajstić information content (AvgIpc) is 0.918. The molecule has 0 N–H and O–H groups in total. The summed E-state index contributed by atoms with van der Waals surface area (Å²) >= 11 is -1.81. The molecule has 0 heterocycles. The molecular formula is AuO2V. The van der Waals surface area contributed by atoms with Crippen molar-refractivity contribution < 1.29 is 45.9 Å². The van der Waals surface area contributed by atoms with Gasteiger partial charge in [0.05, 0.1) is 0 Å². The first-order valence-electron chi connectivity index (χ1n) is 0.365. The van der Waals surface area contributed by atoms with Gasteiger partial charge >= 0.3 is 23.5 Å². The molecule has 0 fully saturated rings. The molecular weight excluding hydrogens is 280 g/mol.